The molecule has 46 heavy (non-hydrogen) atoms. The van der Waals surface area contributed by atoms with Gasteiger partial charge in [0.1, 0.15) is 6.10 Å². The van der Waals surface area contributed by atoms with Crippen molar-refractivity contribution < 1.29 is 20.1 Å². The molecule has 0 heterocycles. The van der Waals surface area contributed by atoms with Crippen molar-refractivity contribution in [1.82, 2.24) is 5.32 Å². The van der Waals surface area contributed by atoms with E-state index in [-0.39, 0.29) is 6.61 Å². The summed E-state index contributed by atoms with van der Waals surface area (Å²) in [6.07, 6.45) is 43.6. The van der Waals surface area contributed by atoms with Gasteiger partial charge in [-0.15, -0.1) is 0 Å². The highest BCUT2D eigenvalue weighted by Gasteiger charge is 2.22. The number of carbonyl (C=O) groups excluding carboxylic acids is 1. The normalized spacial score (nSPS) is 13.9. The van der Waals surface area contributed by atoms with Crippen LogP contribution in [0.3, 0.4) is 0 Å². The van der Waals surface area contributed by atoms with Gasteiger partial charge in [0.05, 0.1) is 18.8 Å². The Morgan fingerprint density at radius 3 is 1.33 bits per heavy atom. The molecule has 0 aromatic carbocycles. The Balaban J connectivity index is 3.70. The summed E-state index contributed by atoms with van der Waals surface area (Å²) >= 11 is 0. The maximum Gasteiger partial charge on any atom is 0.249 e. The standard InChI is InChI=1S/C41H79NO4/c1-3-5-7-9-11-13-15-16-17-18-19-20-21-22-23-24-25-26-28-29-31-33-35-39(44)38(37-43)42-41(46)40(45)36-34-32-30-27-14-12-10-8-6-4-2/h26,28,33,35,38-40,43-45H,3-25,27,29-32,34,36-37H2,1-2H3,(H,42,46)/b28-26+,35-33+. The molecule has 5 heteroatoms. The second-order valence-electron chi connectivity index (χ2n) is 13.8. The molecular formula is C41H79NO4. The summed E-state index contributed by atoms with van der Waals surface area (Å²) in [6.45, 7) is 4.15. The van der Waals surface area contributed by atoms with E-state index in [1.54, 1.807) is 6.08 Å². The van der Waals surface area contributed by atoms with Crippen LogP contribution in [0.4, 0.5) is 0 Å². The van der Waals surface area contributed by atoms with Crippen molar-refractivity contribution in [3.05, 3.63) is 24.3 Å². The number of aliphatic hydroxyl groups is 3. The topological polar surface area (TPSA) is 89.8 Å². The SMILES string of the molecule is CCCCCCCCCCCCCCCCCC/C=C/CC/C=C/C(O)C(CO)NC(=O)C(O)CCCCCCCCCCCC. The van der Waals surface area contributed by atoms with E-state index < -0.39 is 24.2 Å². The Morgan fingerprint density at radius 1 is 0.522 bits per heavy atom. The summed E-state index contributed by atoms with van der Waals surface area (Å²) < 4.78 is 0. The van der Waals surface area contributed by atoms with Crippen LogP contribution in [-0.4, -0.2) is 46.1 Å². The average Bonchev–Trinajstić information content (AvgIpc) is 3.06. The third-order valence-electron chi connectivity index (χ3n) is 9.29. The zero-order valence-electron chi connectivity index (χ0n) is 30.7. The first kappa shape index (κ1) is 44.8. The van der Waals surface area contributed by atoms with Gasteiger partial charge in [-0.25, -0.2) is 0 Å². The van der Waals surface area contributed by atoms with E-state index in [4.69, 9.17) is 0 Å². The highest BCUT2D eigenvalue weighted by Crippen LogP contribution is 2.15. The van der Waals surface area contributed by atoms with E-state index >= 15 is 0 Å². The van der Waals surface area contributed by atoms with Gasteiger partial charge in [-0.2, -0.15) is 0 Å². The number of hydrogen-bond donors (Lipinski definition) is 4. The average molecular weight is 650 g/mol. The van der Waals surface area contributed by atoms with Crippen LogP contribution >= 0.6 is 0 Å². The number of aliphatic hydroxyl groups excluding tert-OH is 3. The van der Waals surface area contributed by atoms with E-state index in [0.29, 0.717) is 6.42 Å². The summed E-state index contributed by atoms with van der Waals surface area (Å²) in [6, 6.07) is -0.809. The van der Waals surface area contributed by atoms with E-state index in [1.807, 2.05) is 6.08 Å². The van der Waals surface area contributed by atoms with Crippen molar-refractivity contribution in [2.24, 2.45) is 0 Å². The maximum atomic E-state index is 12.4. The number of nitrogens with one attached hydrogen (secondary N) is 1. The van der Waals surface area contributed by atoms with Crippen LogP contribution < -0.4 is 5.32 Å². The van der Waals surface area contributed by atoms with Gasteiger partial charge in [0.15, 0.2) is 0 Å². The van der Waals surface area contributed by atoms with Gasteiger partial charge in [0.25, 0.3) is 0 Å². The van der Waals surface area contributed by atoms with Crippen molar-refractivity contribution >= 4 is 5.91 Å². The molecule has 0 saturated heterocycles. The van der Waals surface area contributed by atoms with E-state index in [0.717, 1.165) is 38.5 Å². The van der Waals surface area contributed by atoms with E-state index in [2.05, 4.69) is 31.3 Å². The molecule has 0 fully saturated rings. The predicted octanol–water partition coefficient (Wildman–Crippen LogP) is 11.0. The van der Waals surface area contributed by atoms with Crippen molar-refractivity contribution in [3.8, 4) is 0 Å². The van der Waals surface area contributed by atoms with Crippen LogP contribution in [0.25, 0.3) is 0 Å². The molecule has 1 amide bonds. The smallest absolute Gasteiger partial charge is 0.249 e. The highest BCUT2D eigenvalue weighted by molar-refractivity contribution is 5.80. The number of carbonyl (C=O) groups is 1. The fourth-order valence-electron chi connectivity index (χ4n) is 6.08. The number of hydrogen-bond acceptors (Lipinski definition) is 4. The molecule has 0 aliphatic carbocycles. The molecule has 0 saturated carbocycles. The Morgan fingerprint density at radius 2 is 0.891 bits per heavy atom. The quantitative estimate of drug-likeness (QED) is 0.0401. The molecule has 0 aromatic rings. The van der Waals surface area contributed by atoms with Crippen LogP contribution in [0.1, 0.15) is 206 Å². The third kappa shape index (κ3) is 31.4. The molecule has 4 N–H and O–H groups in total. The van der Waals surface area contributed by atoms with Gasteiger partial charge in [-0.05, 0) is 32.1 Å². The third-order valence-corrected chi connectivity index (χ3v) is 9.29. The molecular weight excluding hydrogens is 570 g/mol. The van der Waals surface area contributed by atoms with Gasteiger partial charge in [0.2, 0.25) is 5.91 Å². The van der Waals surface area contributed by atoms with E-state index in [1.165, 1.54) is 148 Å². The Hall–Kier alpha value is -1.17. The van der Waals surface area contributed by atoms with Gasteiger partial charge in [0, 0.05) is 0 Å². The fourth-order valence-corrected chi connectivity index (χ4v) is 6.08. The molecule has 0 rings (SSSR count). The lowest BCUT2D eigenvalue weighted by molar-refractivity contribution is -0.131. The predicted molar refractivity (Wildman–Crippen MR) is 199 cm³/mol. The minimum Gasteiger partial charge on any atom is -0.394 e. The molecule has 3 unspecified atom stereocenters. The largest absolute Gasteiger partial charge is 0.394 e. The minimum absolute atomic E-state index is 0.374. The molecule has 5 nitrogen and oxygen atoms in total. The number of amides is 1. The Kier molecular flexibility index (Phi) is 35.7. The summed E-state index contributed by atoms with van der Waals surface area (Å²) in [5, 5.41) is 32.9. The second-order valence-corrected chi connectivity index (χ2v) is 13.8. The van der Waals surface area contributed by atoms with Crippen LogP contribution in [0, 0.1) is 0 Å². The summed E-state index contributed by atoms with van der Waals surface area (Å²) in [7, 11) is 0. The number of unbranched alkanes of at least 4 members (excludes halogenated alkanes) is 26. The first-order valence-corrected chi connectivity index (χ1v) is 20.2. The summed E-state index contributed by atoms with van der Waals surface area (Å²) in [5.74, 6) is -0.514. The second kappa shape index (κ2) is 36.7. The van der Waals surface area contributed by atoms with Gasteiger partial charge < -0.3 is 20.6 Å². The lowest BCUT2D eigenvalue weighted by atomic mass is 10.0. The molecule has 0 radical (unpaired) electrons. The number of rotatable bonds is 36. The van der Waals surface area contributed by atoms with Crippen molar-refractivity contribution in [2.75, 3.05) is 6.61 Å². The first-order valence-electron chi connectivity index (χ1n) is 20.2. The molecule has 3 atom stereocenters. The van der Waals surface area contributed by atoms with Crippen LogP contribution in [0.2, 0.25) is 0 Å². The monoisotopic (exact) mass is 650 g/mol. The van der Waals surface area contributed by atoms with Gasteiger partial charge in [-0.3, -0.25) is 4.79 Å². The van der Waals surface area contributed by atoms with Crippen LogP contribution in [0.15, 0.2) is 24.3 Å². The number of allylic oxidation sites excluding steroid dienone is 3. The minimum atomic E-state index is -1.10. The van der Waals surface area contributed by atoms with E-state index in [9.17, 15) is 20.1 Å². The first-order chi connectivity index (χ1) is 22.6. The zero-order chi connectivity index (χ0) is 33.8. The van der Waals surface area contributed by atoms with Crippen molar-refractivity contribution in [1.29, 1.82) is 0 Å². The summed E-state index contributed by atoms with van der Waals surface area (Å²) in [4.78, 5) is 12.4. The fraction of sp³-hybridized carbons (Fsp3) is 0.878. The molecule has 0 bridgehead atoms. The van der Waals surface area contributed by atoms with Gasteiger partial charge in [-0.1, -0.05) is 199 Å². The molecule has 0 aliphatic rings. The van der Waals surface area contributed by atoms with Crippen LogP contribution in [0.5, 0.6) is 0 Å². The highest BCUT2D eigenvalue weighted by atomic mass is 16.3. The lowest BCUT2D eigenvalue weighted by Gasteiger charge is -2.21. The maximum absolute atomic E-state index is 12.4. The summed E-state index contributed by atoms with van der Waals surface area (Å²) in [5.41, 5.74) is 0. The van der Waals surface area contributed by atoms with Crippen LogP contribution in [-0.2, 0) is 4.79 Å². The lowest BCUT2D eigenvalue weighted by Crippen LogP contribution is -2.48. The Bertz CT molecular complexity index is 679. The zero-order valence-corrected chi connectivity index (χ0v) is 30.7. The molecule has 0 aliphatic heterocycles. The van der Waals surface area contributed by atoms with Crippen molar-refractivity contribution in [3.63, 3.8) is 0 Å². The molecule has 0 spiro atoms. The Labute approximate surface area is 286 Å². The molecule has 0 aromatic heterocycles. The molecule has 272 valence electrons. The van der Waals surface area contributed by atoms with Crippen molar-refractivity contribution in [2.45, 2.75) is 225 Å². The van der Waals surface area contributed by atoms with Gasteiger partial charge >= 0.3 is 0 Å².